The molecule has 3 aromatic rings. The van der Waals surface area contributed by atoms with Gasteiger partial charge in [0.15, 0.2) is 6.10 Å². The number of para-hydroxylation sites is 2. The van der Waals surface area contributed by atoms with E-state index in [-0.39, 0.29) is 11.4 Å². The summed E-state index contributed by atoms with van der Waals surface area (Å²) in [5.74, 6) is -1.81. The Morgan fingerprint density at radius 2 is 1.83 bits per heavy atom. The lowest BCUT2D eigenvalue weighted by Gasteiger charge is -2.13. The second-order valence-electron chi connectivity index (χ2n) is 5.29. The lowest BCUT2D eigenvalue weighted by atomic mass is 10.2. The summed E-state index contributed by atoms with van der Waals surface area (Å²) in [6.07, 6.45) is -1.07. The van der Waals surface area contributed by atoms with E-state index in [4.69, 9.17) is 4.74 Å². The molecule has 122 valence electrons. The van der Waals surface area contributed by atoms with Crippen molar-refractivity contribution in [1.29, 1.82) is 0 Å². The molecule has 0 spiro atoms. The van der Waals surface area contributed by atoms with Crippen LogP contribution in [0.3, 0.4) is 0 Å². The van der Waals surface area contributed by atoms with Crippen molar-refractivity contribution in [1.82, 2.24) is 4.98 Å². The summed E-state index contributed by atoms with van der Waals surface area (Å²) >= 11 is 0. The number of esters is 1. The number of benzene rings is 2. The zero-order valence-electron chi connectivity index (χ0n) is 12.9. The molecule has 6 heteroatoms. The van der Waals surface area contributed by atoms with Crippen LogP contribution in [-0.2, 0) is 9.53 Å². The number of carbonyl (C=O) groups is 2. The number of H-pyrrole nitrogens is 1. The number of ether oxygens (including phenoxy) is 1. The van der Waals surface area contributed by atoms with E-state index in [1.807, 2.05) is 24.3 Å². The minimum Gasteiger partial charge on any atom is -0.448 e. The van der Waals surface area contributed by atoms with Gasteiger partial charge >= 0.3 is 5.97 Å². The Morgan fingerprint density at radius 1 is 1.12 bits per heavy atom. The first-order chi connectivity index (χ1) is 11.5. The van der Waals surface area contributed by atoms with Gasteiger partial charge in [-0.2, -0.15) is 0 Å². The maximum Gasteiger partial charge on any atom is 0.355 e. The smallest absolute Gasteiger partial charge is 0.355 e. The normalized spacial score (nSPS) is 11.9. The molecule has 2 aromatic carbocycles. The first kappa shape index (κ1) is 15.7. The van der Waals surface area contributed by atoms with E-state index in [1.54, 1.807) is 12.1 Å². The number of nitrogens with one attached hydrogen (secondary N) is 2. The molecule has 0 unspecified atom stereocenters. The number of halogens is 1. The lowest BCUT2D eigenvalue weighted by molar-refractivity contribution is -0.123. The average molecular weight is 326 g/mol. The number of carbonyl (C=O) groups excluding carboxylic acids is 2. The van der Waals surface area contributed by atoms with Crippen molar-refractivity contribution >= 4 is 28.5 Å². The van der Waals surface area contributed by atoms with Crippen LogP contribution >= 0.6 is 0 Å². The van der Waals surface area contributed by atoms with Gasteiger partial charge in [-0.1, -0.05) is 30.3 Å². The largest absolute Gasteiger partial charge is 0.448 e. The zero-order chi connectivity index (χ0) is 17.1. The first-order valence-electron chi connectivity index (χ1n) is 7.39. The third-order valence-electron chi connectivity index (χ3n) is 3.53. The predicted octanol–water partition coefficient (Wildman–Crippen LogP) is 3.49. The maximum atomic E-state index is 13.5. The second-order valence-corrected chi connectivity index (χ2v) is 5.29. The molecular weight excluding hydrogens is 311 g/mol. The SMILES string of the molecule is C[C@@H](OC(=O)c1cc2ccccc2[nH]1)C(=O)Nc1ccccc1F. The van der Waals surface area contributed by atoms with Crippen molar-refractivity contribution < 1.29 is 18.7 Å². The maximum absolute atomic E-state index is 13.5. The van der Waals surface area contributed by atoms with Crippen LogP contribution in [0.2, 0.25) is 0 Å². The molecule has 2 N–H and O–H groups in total. The van der Waals surface area contributed by atoms with Crippen molar-refractivity contribution in [2.75, 3.05) is 5.32 Å². The molecule has 1 atom stereocenters. The predicted molar refractivity (Wildman–Crippen MR) is 88.2 cm³/mol. The fraction of sp³-hybridized carbons (Fsp3) is 0.111. The van der Waals surface area contributed by atoms with Gasteiger partial charge < -0.3 is 15.0 Å². The fourth-order valence-electron chi connectivity index (χ4n) is 2.26. The molecule has 0 aliphatic carbocycles. The van der Waals surface area contributed by atoms with E-state index in [0.717, 1.165) is 10.9 Å². The standard InChI is InChI=1S/C18H15FN2O3/c1-11(17(22)21-15-9-5-3-7-13(15)19)24-18(23)16-10-12-6-2-4-8-14(12)20-16/h2-11,20H,1H3,(H,21,22)/t11-/m1/s1. The molecule has 24 heavy (non-hydrogen) atoms. The van der Waals surface area contributed by atoms with Crippen molar-refractivity contribution in [3.8, 4) is 0 Å². The summed E-state index contributed by atoms with van der Waals surface area (Å²) < 4.78 is 18.7. The van der Waals surface area contributed by atoms with E-state index in [1.165, 1.54) is 25.1 Å². The van der Waals surface area contributed by atoms with Crippen LogP contribution in [-0.4, -0.2) is 23.0 Å². The minimum absolute atomic E-state index is 0.0380. The summed E-state index contributed by atoms with van der Waals surface area (Å²) in [6.45, 7) is 1.43. The molecule has 3 rings (SSSR count). The Balaban J connectivity index is 1.67. The van der Waals surface area contributed by atoms with Gasteiger partial charge in [0, 0.05) is 10.9 Å². The number of amides is 1. The van der Waals surface area contributed by atoms with Crippen molar-refractivity contribution in [2.24, 2.45) is 0 Å². The number of fused-ring (bicyclic) bond motifs is 1. The van der Waals surface area contributed by atoms with Crippen LogP contribution in [0, 0.1) is 5.82 Å². The highest BCUT2D eigenvalue weighted by Gasteiger charge is 2.21. The Morgan fingerprint density at radius 3 is 2.58 bits per heavy atom. The molecule has 5 nitrogen and oxygen atoms in total. The third-order valence-corrected chi connectivity index (χ3v) is 3.53. The molecule has 0 saturated carbocycles. The summed E-state index contributed by atoms with van der Waals surface area (Å²) in [4.78, 5) is 27.1. The van der Waals surface area contributed by atoms with Crippen LogP contribution < -0.4 is 5.32 Å². The van der Waals surface area contributed by atoms with Crippen LogP contribution in [0.15, 0.2) is 54.6 Å². The molecule has 0 fully saturated rings. The number of rotatable bonds is 4. The molecule has 0 bridgehead atoms. The molecule has 1 amide bonds. The molecule has 1 aromatic heterocycles. The van der Waals surface area contributed by atoms with Gasteiger partial charge in [-0.3, -0.25) is 4.79 Å². The van der Waals surface area contributed by atoms with E-state index < -0.39 is 23.8 Å². The topological polar surface area (TPSA) is 71.2 Å². The average Bonchev–Trinajstić information content (AvgIpc) is 3.01. The highest BCUT2D eigenvalue weighted by Crippen LogP contribution is 2.17. The highest BCUT2D eigenvalue weighted by atomic mass is 19.1. The molecule has 0 saturated heterocycles. The number of hydrogen-bond donors (Lipinski definition) is 2. The second kappa shape index (κ2) is 6.54. The number of aromatic amines is 1. The van der Waals surface area contributed by atoms with Gasteiger partial charge in [-0.25, -0.2) is 9.18 Å². The van der Waals surface area contributed by atoms with Gasteiger partial charge in [-0.05, 0) is 31.2 Å². The van der Waals surface area contributed by atoms with E-state index in [9.17, 15) is 14.0 Å². The minimum atomic E-state index is -1.07. The highest BCUT2D eigenvalue weighted by molar-refractivity contribution is 5.98. The monoisotopic (exact) mass is 326 g/mol. The number of hydrogen-bond acceptors (Lipinski definition) is 3. The first-order valence-corrected chi connectivity index (χ1v) is 7.39. The van der Waals surface area contributed by atoms with Crippen molar-refractivity contribution in [3.63, 3.8) is 0 Å². The Hall–Kier alpha value is -3.15. The molecular formula is C18H15FN2O3. The summed E-state index contributed by atoms with van der Waals surface area (Å²) in [5, 5.41) is 3.26. The Kier molecular flexibility index (Phi) is 4.29. The van der Waals surface area contributed by atoms with Gasteiger partial charge in [-0.15, -0.1) is 0 Å². The Bertz CT molecular complexity index is 871. The van der Waals surface area contributed by atoms with Gasteiger partial charge in [0.25, 0.3) is 5.91 Å². The van der Waals surface area contributed by atoms with Crippen molar-refractivity contribution in [2.45, 2.75) is 13.0 Å². The van der Waals surface area contributed by atoms with E-state index >= 15 is 0 Å². The van der Waals surface area contributed by atoms with Crippen LogP contribution in [0.4, 0.5) is 10.1 Å². The Labute approximate surface area is 137 Å². The van der Waals surface area contributed by atoms with E-state index in [2.05, 4.69) is 10.3 Å². The van der Waals surface area contributed by atoms with Gasteiger partial charge in [0.05, 0.1) is 5.69 Å². The molecule has 0 radical (unpaired) electrons. The summed E-state index contributed by atoms with van der Waals surface area (Å²) in [6, 6.07) is 14.8. The number of aromatic nitrogens is 1. The molecule has 0 aliphatic heterocycles. The quantitative estimate of drug-likeness (QED) is 0.721. The van der Waals surface area contributed by atoms with Crippen molar-refractivity contribution in [3.05, 3.63) is 66.1 Å². The molecule has 0 aliphatic rings. The summed E-state index contributed by atoms with van der Waals surface area (Å²) in [7, 11) is 0. The summed E-state index contributed by atoms with van der Waals surface area (Å²) in [5.41, 5.74) is 1.09. The third kappa shape index (κ3) is 3.27. The lowest BCUT2D eigenvalue weighted by Crippen LogP contribution is -2.30. The molecule has 1 heterocycles. The fourth-order valence-corrected chi connectivity index (χ4v) is 2.26. The van der Waals surface area contributed by atoms with E-state index in [0.29, 0.717) is 0 Å². The van der Waals surface area contributed by atoms with Crippen LogP contribution in [0.1, 0.15) is 17.4 Å². The van der Waals surface area contributed by atoms with Crippen LogP contribution in [0.25, 0.3) is 10.9 Å². The van der Waals surface area contributed by atoms with Gasteiger partial charge in [0.2, 0.25) is 0 Å². The zero-order valence-corrected chi connectivity index (χ0v) is 12.9. The van der Waals surface area contributed by atoms with Crippen LogP contribution in [0.5, 0.6) is 0 Å². The number of anilines is 1. The van der Waals surface area contributed by atoms with Gasteiger partial charge in [0.1, 0.15) is 11.5 Å².